The standard InChI is InChI=1S/C8H14O4/c9-7(10)5-3-1-2-4-6-8(11)12/h1-6H2,(H,9,10)(H,11,12)/p-2. The van der Waals surface area contributed by atoms with Crippen LogP contribution in [0.1, 0.15) is 38.5 Å². The topological polar surface area (TPSA) is 80.3 Å². The summed E-state index contributed by atoms with van der Waals surface area (Å²) in [5.41, 5.74) is 0. The molecule has 0 aromatic carbocycles. The van der Waals surface area contributed by atoms with Crippen LogP contribution in [0.15, 0.2) is 0 Å². The zero-order valence-electron chi connectivity index (χ0n) is 6.88. The molecular formula is C8H12O4-2. The molecule has 12 heavy (non-hydrogen) atoms. The summed E-state index contributed by atoms with van der Waals surface area (Å²) in [6.45, 7) is 0. The number of hydrogen-bond donors (Lipinski definition) is 0. The van der Waals surface area contributed by atoms with Crippen molar-refractivity contribution in [3.63, 3.8) is 0 Å². The number of hydrogen-bond acceptors (Lipinski definition) is 4. The van der Waals surface area contributed by atoms with E-state index in [-0.39, 0.29) is 12.8 Å². The van der Waals surface area contributed by atoms with E-state index < -0.39 is 11.9 Å². The summed E-state index contributed by atoms with van der Waals surface area (Å²) < 4.78 is 0. The summed E-state index contributed by atoms with van der Waals surface area (Å²) in [6, 6.07) is 0. The fourth-order valence-electron chi connectivity index (χ4n) is 0.892. The Balaban J connectivity index is 3.01. The molecule has 0 radical (unpaired) electrons. The Bertz CT molecular complexity index is 135. The first-order valence-corrected chi connectivity index (χ1v) is 4.02. The van der Waals surface area contributed by atoms with Crippen LogP contribution in [0.3, 0.4) is 0 Å². The van der Waals surface area contributed by atoms with Gasteiger partial charge in [-0.1, -0.05) is 12.8 Å². The van der Waals surface area contributed by atoms with E-state index in [0.29, 0.717) is 12.8 Å². The van der Waals surface area contributed by atoms with E-state index in [1.165, 1.54) is 0 Å². The van der Waals surface area contributed by atoms with Gasteiger partial charge in [0.1, 0.15) is 0 Å². The Morgan fingerprint density at radius 1 is 0.750 bits per heavy atom. The SMILES string of the molecule is O=C([O-])CCCCCCC(=O)[O-]. The lowest BCUT2D eigenvalue weighted by atomic mass is 10.1. The second kappa shape index (κ2) is 6.64. The van der Waals surface area contributed by atoms with Crippen molar-refractivity contribution in [2.24, 2.45) is 0 Å². The zero-order chi connectivity index (χ0) is 9.40. The van der Waals surface area contributed by atoms with Crippen LogP contribution in [0.25, 0.3) is 0 Å². The second-order valence-corrected chi connectivity index (χ2v) is 2.66. The van der Waals surface area contributed by atoms with Gasteiger partial charge >= 0.3 is 0 Å². The van der Waals surface area contributed by atoms with Gasteiger partial charge < -0.3 is 19.8 Å². The van der Waals surface area contributed by atoms with Crippen LogP contribution >= 0.6 is 0 Å². The molecule has 0 amide bonds. The Hall–Kier alpha value is -1.06. The smallest absolute Gasteiger partial charge is 0.0414 e. The highest BCUT2D eigenvalue weighted by molar-refractivity contribution is 5.64. The molecule has 4 heteroatoms. The van der Waals surface area contributed by atoms with Crippen LogP contribution in [-0.2, 0) is 9.59 Å². The molecule has 0 heterocycles. The molecule has 0 aliphatic heterocycles. The normalized spacial score (nSPS) is 9.67. The van der Waals surface area contributed by atoms with Gasteiger partial charge in [0.15, 0.2) is 0 Å². The highest BCUT2D eigenvalue weighted by Crippen LogP contribution is 2.03. The van der Waals surface area contributed by atoms with Crippen molar-refractivity contribution in [2.75, 3.05) is 0 Å². The number of carboxylic acids is 2. The molecule has 0 aliphatic rings. The molecule has 0 aromatic rings. The van der Waals surface area contributed by atoms with E-state index in [1.54, 1.807) is 0 Å². The Morgan fingerprint density at radius 2 is 1.08 bits per heavy atom. The summed E-state index contributed by atoms with van der Waals surface area (Å²) in [5, 5.41) is 19.8. The van der Waals surface area contributed by atoms with E-state index in [0.717, 1.165) is 12.8 Å². The van der Waals surface area contributed by atoms with Gasteiger partial charge in [0.25, 0.3) is 0 Å². The number of rotatable bonds is 7. The average molecular weight is 172 g/mol. The summed E-state index contributed by atoms with van der Waals surface area (Å²) in [7, 11) is 0. The molecule has 0 N–H and O–H groups in total. The van der Waals surface area contributed by atoms with Gasteiger partial charge in [-0.05, 0) is 25.7 Å². The van der Waals surface area contributed by atoms with E-state index in [1.807, 2.05) is 0 Å². The van der Waals surface area contributed by atoms with Gasteiger partial charge in [-0.15, -0.1) is 0 Å². The molecule has 0 unspecified atom stereocenters. The van der Waals surface area contributed by atoms with Gasteiger partial charge in [0.05, 0.1) is 0 Å². The average Bonchev–Trinajstić information content (AvgIpc) is 1.95. The maximum Gasteiger partial charge on any atom is 0.0414 e. The fraction of sp³-hybridized carbons (Fsp3) is 0.750. The number of carbonyl (C=O) groups is 2. The molecule has 0 fully saturated rings. The van der Waals surface area contributed by atoms with E-state index in [2.05, 4.69) is 0 Å². The van der Waals surface area contributed by atoms with Crippen molar-refractivity contribution >= 4 is 11.9 Å². The van der Waals surface area contributed by atoms with Crippen LogP contribution < -0.4 is 10.2 Å². The van der Waals surface area contributed by atoms with Crippen LogP contribution in [0.4, 0.5) is 0 Å². The van der Waals surface area contributed by atoms with Gasteiger partial charge in [0.2, 0.25) is 0 Å². The molecule has 0 aliphatic carbocycles. The molecule has 0 saturated carbocycles. The minimum Gasteiger partial charge on any atom is -0.550 e. The van der Waals surface area contributed by atoms with Gasteiger partial charge in [0, 0.05) is 11.9 Å². The van der Waals surface area contributed by atoms with Crippen molar-refractivity contribution in [3.8, 4) is 0 Å². The van der Waals surface area contributed by atoms with Gasteiger partial charge in [-0.25, -0.2) is 0 Å². The number of carbonyl (C=O) groups excluding carboxylic acids is 2. The first-order valence-electron chi connectivity index (χ1n) is 4.02. The Kier molecular flexibility index (Phi) is 6.05. The first-order chi connectivity index (χ1) is 5.63. The maximum atomic E-state index is 9.92. The number of unbranched alkanes of at least 4 members (excludes halogenated alkanes) is 3. The van der Waals surface area contributed by atoms with E-state index >= 15 is 0 Å². The Labute approximate surface area is 71.2 Å². The third-order valence-electron chi connectivity index (χ3n) is 1.51. The van der Waals surface area contributed by atoms with Crippen LogP contribution in [-0.4, -0.2) is 11.9 Å². The van der Waals surface area contributed by atoms with Gasteiger partial charge in [-0.3, -0.25) is 0 Å². The molecule has 0 spiro atoms. The fourth-order valence-corrected chi connectivity index (χ4v) is 0.892. The van der Waals surface area contributed by atoms with E-state index in [9.17, 15) is 19.8 Å². The monoisotopic (exact) mass is 172 g/mol. The Morgan fingerprint density at radius 3 is 1.33 bits per heavy atom. The van der Waals surface area contributed by atoms with Crippen molar-refractivity contribution in [3.05, 3.63) is 0 Å². The third-order valence-corrected chi connectivity index (χ3v) is 1.51. The lowest BCUT2D eigenvalue weighted by Crippen LogP contribution is -2.22. The van der Waals surface area contributed by atoms with Crippen LogP contribution in [0, 0.1) is 0 Å². The lowest BCUT2D eigenvalue weighted by Gasteiger charge is -2.02. The highest BCUT2D eigenvalue weighted by atomic mass is 16.4. The van der Waals surface area contributed by atoms with Crippen molar-refractivity contribution in [1.29, 1.82) is 0 Å². The number of aliphatic carboxylic acids is 2. The quantitative estimate of drug-likeness (QED) is 0.453. The molecule has 0 aromatic heterocycles. The largest absolute Gasteiger partial charge is 0.550 e. The zero-order valence-corrected chi connectivity index (χ0v) is 6.88. The lowest BCUT2D eigenvalue weighted by molar-refractivity contribution is -0.307. The molecule has 4 nitrogen and oxygen atoms in total. The molecular weight excluding hydrogens is 160 g/mol. The molecule has 0 saturated heterocycles. The highest BCUT2D eigenvalue weighted by Gasteiger charge is 1.91. The van der Waals surface area contributed by atoms with Gasteiger partial charge in [-0.2, -0.15) is 0 Å². The maximum absolute atomic E-state index is 9.92. The van der Waals surface area contributed by atoms with E-state index in [4.69, 9.17) is 0 Å². The molecule has 0 rings (SSSR count). The summed E-state index contributed by atoms with van der Waals surface area (Å²) >= 11 is 0. The molecule has 0 atom stereocenters. The predicted molar refractivity (Wildman–Crippen MR) is 37.7 cm³/mol. The first kappa shape index (κ1) is 10.9. The minimum absolute atomic E-state index is 0.0608. The molecule has 70 valence electrons. The summed E-state index contributed by atoms with van der Waals surface area (Å²) in [6.07, 6.45) is 2.73. The van der Waals surface area contributed by atoms with Crippen LogP contribution in [0.5, 0.6) is 0 Å². The minimum atomic E-state index is -1.05. The summed E-state index contributed by atoms with van der Waals surface area (Å²) in [4.78, 5) is 19.8. The van der Waals surface area contributed by atoms with Crippen molar-refractivity contribution in [2.45, 2.75) is 38.5 Å². The van der Waals surface area contributed by atoms with Crippen molar-refractivity contribution < 1.29 is 19.8 Å². The second-order valence-electron chi connectivity index (χ2n) is 2.66. The number of carboxylic acid groups (broad SMARTS) is 2. The molecule has 0 bridgehead atoms. The summed E-state index contributed by atoms with van der Waals surface area (Å²) in [5.74, 6) is -2.09. The van der Waals surface area contributed by atoms with Crippen LogP contribution in [0.2, 0.25) is 0 Å². The third kappa shape index (κ3) is 8.94. The predicted octanol–water partition coefficient (Wildman–Crippen LogP) is -1.17. The van der Waals surface area contributed by atoms with Crippen molar-refractivity contribution in [1.82, 2.24) is 0 Å².